The van der Waals surface area contributed by atoms with Crippen molar-refractivity contribution in [2.75, 3.05) is 26.2 Å². The number of nitrogens with zero attached hydrogens (tertiary/aromatic N) is 1. The van der Waals surface area contributed by atoms with Gasteiger partial charge in [-0.1, -0.05) is 6.92 Å². The molecule has 1 unspecified atom stereocenters. The lowest BCUT2D eigenvalue weighted by Crippen LogP contribution is -2.58. The lowest BCUT2D eigenvalue weighted by molar-refractivity contribution is -0.140. The fourth-order valence-corrected chi connectivity index (χ4v) is 2.92. The van der Waals surface area contributed by atoms with Crippen LogP contribution in [0.3, 0.4) is 0 Å². The Morgan fingerprint density at radius 2 is 2.00 bits per heavy atom. The number of imide groups is 1. The summed E-state index contributed by atoms with van der Waals surface area (Å²) in [6.45, 7) is 5.43. The highest BCUT2D eigenvalue weighted by molar-refractivity contribution is 6.01. The van der Waals surface area contributed by atoms with Crippen molar-refractivity contribution in [2.45, 2.75) is 38.6 Å². The molecule has 2 fully saturated rings. The van der Waals surface area contributed by atoms with Crippen molar-refractivity contribution in [3.63, 3.8) is 0 Å². The minimum absolute atomic E-state index is 0.121. The van der Waals surface area contributed by atoms with Crippen molar-refractivity contribution < 1.29 is 9.59 Å². The molecule has 0 saturated carbocycles. The first-order valence-electron chi connectivity index (χ1n) is 6.99. The number of hydrogen-bond donors (Lipinski definition) is 2. The van der Waals surface area contributed by atoms with Crippen molar-refractivity contribution in [1.82, 2.24) is 15.5 Å². The zero-order valence-electron chi connectivity index (χ0n) is 11.1. The van der Waals surface area contributed by atoms with Gasteiger partial charge in [0.2, 0.25) is 11.8 Å². The third-order valence-corrected chi connectivity index (χ3v) is 4.02. The van der Waals surface area contributed by atoms with E-state index in [1.54, 1.807) is 0 Å². The van der Waals surface area contributed by atoms with Gasteiger partial charge in [-0.05, 0) is 51.2 Å². The average Bonchev–Trinajstić information content (AvgIpc) is 2.37. The van der Waals surface area contributed by atoms with E-state index >= 15 is 0 Å². The molecule has 1 atom stereocenters. The van der Waals surface area contributed by atoms with E-state index in [2.05, 4.69) is 10.6 Å². The Morgan fingerprint density at radius 1 is 1.28 bits per heavy atom. The number of rotatable bonds is 4. The summed E-state index contributed by atoms with van der Waals surface area (Å²) in [5.41, 5.74) is 0. The molecular formula is C13H23N3O2. The molecule has 0 aromatic heterocycles. The largest absolute Gasteiger partial charge is 0.317 e. The summed E-state index contributed by atoms with van der Waals surface area (Å²) in [6.07, 6.45) is 4.29. The monoisotopic (exact) mass is 253 g/mol. The predicted molar refractivity (Wildman–Crippen MR) is 69.0 cm³/mol. The van der Waals surface area contributed by atoms with Gasteiger partial charge < -0.3 is 5.32 Å². The van der Waals surface area contributed by atoms with Crippen LogP contribution < -0.4 is 10.6 Å². The molecule has 2 heterocycles. The average molecular weight is 253 g/mol. The van der Waals surface area contributed by atoms with Crippen LogP contribution in [0, 0.1) is 5.92 Å². The van der Waals surface area contributed by atoms with Gasteiger partial charge in [0.25, 0.3) is 0 Å². The highest BCUT2D eigenvalue weighted by atomic mass is 16.2. The molecule has 0 aromatic rings. The second-order valence-electron chi connectivity index (χ2n) is 5.29. The third kappa shape index (κ3) is 3.29. The molecule has 2 aliphatic heterocycles. The first-order valence-corrected chi connectivity index (χ1v) is 6.99. The molecule has 5 heteroatoms. The normalized spacial score (nSPS) is 27.3. The first kappa shape index (κ1) is 13.5. The molecule has 2 rings (SSSR count). The van der Waals surface area contributed by atoms with Crippen LogP contribution in [0.25, 0.3) is 0 Å². The molecule has 2 aliphatic rings. The van der Waals surface area contributed by atoms with Gasteiger partial charge in [0, 0.05) is 0 Å². The highest BCUT2D eigenvalue weighted by Crippen LogP contribution is 2.18. The summed E-state index contributed by atoms with van der Waals surface area (Å²) in [6, 6.07) is -0.121. The van der Waals surface area contributed by atoms with E-state index in [0.29, 0.717) is 6.54 Å². The van der Waals surface area contributed by atoms with E-state index in [4.69, 9.17) is 0 Å². The van der Waals surface area contributed by atoms with E-state index in [1.165, 1.54) is 12.8 Å². The SMILES string of the molecule is CCC1C(=O)NC(=O)CN1CCC1CCNCC1. The second-order valence-corrected chi connectivity index (χ2v) is 5.29. The maximum absolute atomic E-state index is 11.7. The van der Waals surface area contributed by atoms with Gasteiger partial charge in [-0.2, -0.15) is 0 Å². The standard InChI is InChI=1S/C13H23N3O2/c1-2-11-13(18)15-12(17)9-16(11)8-5-10-3-6-14-7-4-10/h10-11,14H,2-9H2,1H3,(H,15,17,18). The number of carbonyl (C=O) groups excluding carboxylic acids is 2. The number of amides is 2. The maximum Gasteiger partial charge on any atom is 0.243 e. The molecule has 0 aromatic carbocycles. The first-order chi connectivity index (χ1) is 8.70. The fourth-order valence-electron chi connectivity index (χ4n) is 2.92. The van der Waals surface area contributed by atoms with E-state index in [9.17, 15) is 9.59 Å². The Labute approximate surface area is 108 Å². The summed E-state index contributed by atoms with van der Waals surface area (Å²) in [4.78, 5) is 25.2. The van der Waals surface area contributed by atoms with Gasteiger partial charge in [-0.3, -0.25) is 19.8 Å². The van der Waals surface area contributed by atoms with Gasteiger partial charge in [-0.15, -0.1) is 0 Å². The highest BCUT2D eigenvalue weighted by Gasteiger charge is 2.32. The van der Waals surface area contributed by atoms with Crippen molar-refractivity contribution in [3.05, 3.63) is 0 Å². The molecule has 0 bridgehead atoms. The van der Waals surface area contributed by atoms with Crippen molar-refractivity contribution in [1.29, 1.82) is 0 Å². The quantitative estimate of drug-likeness (QED) is 0.698. The van der Waals surface area contributed by atoms with Crippen LogP contribution in [0.2, 0.25) is 0 Å². The molecule has 5 nitrogen and oxygen atoms in total. The molecule has 18 heavy (non-hydrogen) atoms. The van der Waals surface area contributed by atoms with Crippen LogP contribution in [-0.2, 0) is 9.59 Å². The maximum atomic E-state index is 11.7. The van der Waals surface area contributed by atoms with Crippen LogP contribution >= 0.6 is 0 Å². The minimum atomic E-state index is -0.157. The molecule has 102 valence electrons. The summed E-state index contributed by atoms with van der Waals surface area (Å²) >= 11 is 0. The molecule has 0 radical (unpaired) electrons. The van der Waals surface area contributed by atoms with Gasteiger partial charge in [-0.25, -0.2) is 0 Å². The number of hydrogen-bond acceptors (Lipinski definition) is 4. The molecular weight excluding hydrogens is 230 g/mol. The summed E-state index contributed by atoms with van der Waals surface area (Å²) < 4.78 is 0. The Bertz CT molecular complexity index is 313. The summed E-state index contributed by atoms with van der Waals surface area (Å²) in [5.74, 6) is 0.456. The van der Waals surface area contributed by atoms with Gasteiger partial charge >= 0.3 is 0 Å². The predicted octanol–water partition coefficient (Wildman–Crippen LogP) is 0.113. The van der Waals surface area contributed by atoms with E-state index < -0.39 is 0 Å². The smallest absolute Gasteiger partial charge is 0.243 e. The molecule has 2 amide bonds. The Morgan fingerprint density at radius 3 is 2.67 bits per heavy atom. The molecule has 0 spiro atoms. The second kappa shape index (κ2) is 6.29. The van der Waals surface area contributed by atoms with Crippen LogP contribution in [-0.4, -0.2) is 48.9 Å². The number of piperidine rings is 1. The minimum Gasteiger partial charge on any atom is -0.317 e. The zero-order chi connectivity index (χ0) is 13.0. The lowest BCUT2D eigenvalue weighted by Gasteiger charge is -2.34. The topological polar surface area (TPSA) is 61.4 Å². The summed E-state index contributed by atoms with van der Waals surface area (Å²) in [5, 5.41) is 5.77. The number of piperazine rings is 1. The molecule has 0 aliphatic carbocycles. The lowest BCUT2D eigenvalue weighted by atomic mass is 9.94. The Balaban J connectivity index is 1.85. The van der Waals surface area contributed by atoms with Crippen molar-refractivity contribution in [2.24, 2.45) is 5.92 Å². The molecule has 2 N–H and O–H groups in total. The van der Waals surface area contributed by atoms with E-state index in [1.807, 2.05) is 11.8 Å². The van der Waals surface area contributed by atoms with E-state index in [-0.39, 0.29) is 17.9 Å². The summed E-state index contributed by atoms with van der Waals surface area (Å²) in [7, 11) is 0. The van der Waals surface area contributed by atoms with Gasteiger partial charge in [0.1, 0.15) is 0 Å². The van der Waals surface area contributed by atoms with Crippen molar-refractivity contribution >= 4 is 11.8 Å². The zero-order valence-corrected chi connectivity index (χ0v) is 11.1. The third-order valence-electron chi connectivity index (χ3n) is 4.02. The van der Waals surface area contributed by atoms with Crippen molar-refractivity contribution in [3.8, 4) is 0 Å². The van der Waals surface area contributed by atoms with Crippen LogP contribution in [0.1, 0.15) is 32.6 Å². The van der Waals surface area contributed by atoms with E-state index in [0.717, 1.165) is 38.4 Å². The van der Waals surface area contributed by atoms with Gasteiger partial charge in [0.15, 0.2) is 0 Å². The van der Waals surface area contributed by atoms with Gasteiger partial charge in [0.05, 0.1) is 12.6 Å². The van der Waals surface area contributed by atoms with Crippen LogP contribution in [0.15, 0.2) is 0 Å². The number of nitrogens with one attached hydrogen (secondary N) is 2. The number of carbonyl (C=O) groups is 2. The van der Waals surface area contributed by atoms with Crippen LogP contribution in [0.5, 0.6) is 0 Å². The Kier molecular flexibility index (Phi) is 4.72. The fraction of sp³-hybridized carbons (Fsp3) is 0.846. The van der Waals surface area contributed by atoms with Crippen LogP contribution in [0.4, 0.5) is 0 Å². The molecule has 2 saturated heterocycles. The Hall–Kier alpha value is -0.940.